The number of ether oxygens (including phenoxy) is 2. The second-order valence-electron chi connectivity index (χ2n) is 2.91. The van der Waals surface area contributed by atoms with Gasteiger partial charge in [0.1, 0.15) is 11.7 Å². The van der Waals surface area contributed by atoms with Gasteiger partial charge in [0.25, 0.3) is 0 Å². The smallest absolute Gasteiger partial charge is 0.429 e. The largest absolute Gasteiger partial charge is 0.509 e. The van der Waals surface area contributed by atoms with E-state index in [1.807, 2.05) is 0 Å². The maximum absolute atomic E-state index is 10.6. The number of carbonyl (C=O) groups excluding carboxylic acids is 1. The zero-order valence-electron chi connectivity index (χ0n) is 6.88. The van der Waals surface area contributed by atoms with Crippen molar-refractivity contribution in [1.29, 1.82) is 5.26 Å². The van der Waals surface area contributed by atoms with Gasteiger partial charge in [-0.05, 0) is 20.8 Å². The van der Waals surface area contributed by atoms with E-state index in [-0.39, 0.29) is 6.61 Å². The van der Waals surface area contributed by atoms with Crippen molar-refractivity contribution < 1.29 is 14.3 Å². The Labute approximate surface area is 65.7 Å². The van der Waals surface area contributed by atoms with Gasteiger partial charge >= 0.3 is 6.16 Å². The van der Waals surface area contributed by atoms with E-state index in [9.17, 15) is 4.79 Å². The van der Waals surface area contributed by atoms with Crippen LogP contribution in [0.5, 0.6) is 0 Å². The second kappa shape index (κ2) is 3.81. The van der Waals surface area contributed by atoms with Crippen molar-refractivity contribution in [2.75, 3.05) is 6.61 Å². The van der Waals surface area contributed by atoms with Gasteiger partial charge in [-0.3, -0.25) is 0 Å². The van der Waals surface area contributed by atoms with Gasteiger partial charge in [-0.2, -0.15) is 5.26 Å². The standard InChI is InChI=1S/C7H11NO3/c1-7(2,3)11-6(9)10-5-4-8/h5H2,1-3H3. The summed E-state index contributed by atoms with van der Waals surface area (Å²) in [7, 11) is 0. The minimum absolute atomic E-state index is 0.269. The summed E-state index contributed by atoms with van der Waals surface area (Å²) in [5.41, 5.74) is -0.563. The van der Waals surface area contributed by atoms with Crippen LogP contribution in [0.15, 0.2) is 0 Å². The van der Waals surface area contributed by atoms with E-state index in [1.54, 1.807) is 26.8 Å². The Morgan fingerprint density at radius 1 is 1.55 bits per heavy atom. The summed E-state index contributed by atoms with van der Waals surface area (Å²) in [5.74, 6) is 0. The first-order chi connectivity index (χ1) is 4.95. The van der Waals surface area contributed by atoms with Crippen molar-refractivity contribution in [2.24, 2.45) is 0 Å². The molecule has 0 aromatic heterocycles. The quantitative estimate of drug-likeness (QED) is 0.540. The second-order valence-corrected chi connectivity index (χ2v) is 2.91. The van der Waals surface area contributed by atoms with Crippen molar-refractivity contribution in [3.63, 3.8) is 0 Å². The molecule has 0 rings (SSSR count). The predicted molar refractivity (Wildman–Crippen MR) is 37.8 cm³/mol. The molecule has 0 saturated heterocycles. The van der Waals surface area contributed by atoms with Crippen LogP contribution in [0.4, 0.5) is 4.79 Å². The maximum Gasteiger partial charge on any atom is 0.509 e. The average Bonchev–Trinajstić information content (AvgIpc) is 1.79. The van der Waals surface area contributed by atoms with Gasteiger partial charge in [-0.15, -0.1) is 0 Å². The van der Waals surface area contributed by atoms with Crippen LogP contribution in [0, 0.1) is 11.3 Å². The van der Waals surface area contributed by atoms with Gasteiger partial charge in [0.15, 0.2) is 6.61 Å². The molecule has 0 atom stereocenters. The fraction of sp³-hybridized carbons (Fsp3) is 0.714. The number of hydrogen-bond acceptors (Lipinski definition) is 4. The third kappa shape index (κ3) is 6.65. The lowest BCUT2D eigenvalue weighted by Gasteiger charge is -2.17. The molecule has 0 aliphatic heterocycles. The van der Waals surface area contributed by atoms with Gasteiger partial charge in [0, 0.05) is 0 Å². The van der Waals surface area contributed by atoms with E-state index in [2.05, 4.69) is 4.74 Å². The first-order valence-electron chi connectivity index (χ1n) is 3.18. The van der Waals surface area contributed by atoms with Gasteiger partial charge in [0.05, 0.1) is 0 Å². The summed E-state index contributed by atoms with van der Waals surface area (Å²) in [6, 6.07) is 1.66. The third-order valence-electron chi connectivity index (χ3n) is 0.644. The van der Waals surface area contributed by atoms with Crippen molar-refractivity contribution in [3.8, 4) is 6.07 Å². The molecule has 0 fully saturated rings. The summed E-state index contributed by atoms with van der Waals surface area (Å²) in [4.78, 5) is 10.6. The highest BCUT2D eigenvalue weighted by Crippen LogP contribution is 2.07. The molecule has 0 aliphatic carbocycles. The molecule has 62 valence electrons. The Balaban J connectivity index is 3.64. The Bertz CT molecular complexity index is 175. The highest BCUT2D eigenvalue weighted by Gasteiger charge is 2.16. The molecule has 0 aromatic rings. The topological polar surface area (TPSA) is 59.3 Å². The molecule has 0 spiro atoms. The lowest BCUT2D eigenvalue weighted by molar-refractivity contribution is -0.00180. The summed E-state index contributed by atoms with van der Waals surface area (Å²) in [6.45, 7) is 4.90. The predicted octanol–water partition coefficient (Wildman–Crippen LogP) is 1.46. The normalized spacial score (nSPS) is 10.0. The van der Waals surface area contributed by atoms with E-state index in [1.165, 1.54) is 0 Å². The van der Waals surface area contributed by atoms with Crippen LogP contribution in [0.25, 0.3) is 0 Å². The first-order valence-corrected chi connectivity index (χ1v) is 3.18. The minimum atomic E-state index is -0.806. The third-order valence-corrected chi connectivity index (χ3v) is 0.644. The highest BCUT2D eigenvalue weighted by atomic mass is 16.7. The van der Waals surface area contributed by atoms with Crippen molar-refractivity contribution >= 4 is 6.16 Å². The van der Waals surface area contributed by atoms with Gasteiger partial charge < -0.3 is 9.47 Å². The van der Waals surface area contributed by atoms with Crippen LogP contribution in [0.2, 0.25) is 0 Å². The van der Waals surface area contributed by atoms with E-state index < -0.39 is 11.8 Å². The molecular formula is C7H11NO3. The molecule has 0 heterocycles. The molecule has 11 heavy (non-hydrogen) atoms. The summed E-state index contributed by atoms with van der Waals surface area (Å²) in [6.07, 6.45) is -0.806. The van der Waals surface area contributed by atoms with E-state index in [4.69, 9.17) is 10.00 Å². The zero-order valence-corrected chi connectivity index (χ0v) is 6.88. The van der Waals surface area contributed by atoms with Crippen LogP contribution in [0.3, 0.4) is 0 Å². The lowest BCUT2D eigenvalue weighted by Crippen LogP contribution is -2.24. The zero-order chi connectivity index (χ0) is 8.91. The van der Waals surface area contributed by atoms with Gasteiger partial charge in [-0.25, -0.2) is 4.79 Å². The molecule has 0 saturated carbocycles. The van der Waals surface area contributed by atoms with Crippen LogP contribution >= 0.6 is 0 Å². The Kier molecular flexibility index (Phi) is 3.38. The summed E-state index contributed by atoms with van der Waals surface area (Å²) < 4.78 is 9.07. The van der Waals surface area contributed by atoms with Crippen molar-refractivity contribution in [3.05, 3.63) is 0 Å². The molecule has 0 unspecified atom stereocenters. The van der Waals surface area contributed by atoms with Crippen molar-refractivity contribution in [1.82, 2.24) is 0 Å². The molecule has 0 aromatic carbocycles. The van der Waals surface area contributed by atoms with Crippen LogP contribution in [0.1, 0.15) is 20.8 Å². The summed E-state index contributed by atoms with van der Waals surface area (Å²) in [5, 5.41) is 8.03. The number of carbonyl (C=O) groups is 1. The SMILES string of the molecule is CC(C)(C)OC(=O)OCC#N. The Morgan fingerprint density at radius 2 is 2.09 bits per heavy atom. The lowest BCUT2D eigenvalue weighted by atomic mass is 10.2. The van der Waals surface area contributed by atoms with Gasteiger partial charge in [0.2, 0.25) is 0 Å². The number of hydrogen-bond donors (Lipinski definition) is 0. The van der Waals surface area contributed by atoms with Crippen LogP contribution in [-0.2, 0) is 9.47 Å². The van der Waals surface area contributed by atoms with Crippen molar-refractivity contribution in [2.45, 2.75) is 26.4 Å². The molecule has 4 nitrogen and oxygen atoms in total. The monoisotopic (exact) mass is 157 g/mol. The molecule has 0 aliphatic rings. The first kappa shape index (κ1) is 9.76. The fourth-order valence-electron chi connectivity index (χ4n) is 0.371. The Morgan fingerprint density at radius 3 is 2.45 bits per heavy atom. The molecule has 0 radical (unpaired) electrons. The number of rotatable bonds is 1. The van der Waals surface area contributed by atoms with E-state index >= 15 is 0 Å². The highest BCUT2D eigenvalue weighted by molar-refractivity contribution is 5.60. The molecule has 0 bridgehead atoms. The van der Waals surface area contributed by atoms with E-state index in [0.717, 1.165) is 0 Å². The maximum atomic E-state index is 10.6. The molecule has 0 N–H and O–H groups in total. The van der Waals surface area contributed by atoms with Crippen LogP contribution < -0.4 is 0 Å². The molecule has 0 amide bonds. The molecular weight excluding hydrogens is 146 g/mol. The number of nitrogens with zero attached hydrogens (tertiary/aromatic N) is 1. The summed E-state index contributed by atoms with van der Waals surface area (Å²) >= 11 is 0. The molecule has 4 heteroatoms. The number of nitriles is 1. The Hall–Kier alpha value is -1.24. The average molecular weight is 157 g/mol. The fourth-order valence-corrected chi connectivity index (χ4v) is 0.371. The minimum Gasteiger partial charge on any atom is -0.429 e. The van der Waals surface area contributed by atoms with Gasteiger partial charge in [-0.1, -0.05) is 0 Å². The van der Waals surface area contributed by atoms with Crippen LogP contribution in [-0.4, -0.2) is 18.4 Å². The van der Waals surface area contributed by atoms with E-state index in [0.29, 0.717) is 0 Å².